The van der Waals surface area contributed by atoms with Crippen LogP contribution in [0.4, 0.5) is 5.82 Å². The van der Waals surface area contributed by atoms with Crippen molar-refractivity contribution in [2.24, 2.45) is 0 Å². The van der Waals surface area contributed by atoms with Crippen molar-refractivity contribution in [2.75, 3.05) is 51.3 Å². The SMILES string of the molecule is CCCNc1ncccc1C(=O)NCCN1CCOCC1. The molecule has 21 heavy (non-hydrogen) atoms. The number of carbonyl (C=O) groups is 1. The van der Waals surface area contributed by atoms with Crippen molar-refractivity contribution in [3.8, 4) is 0 Å². The summed E-state index contributed by atoms with van der Waals surface area (Å²) >= 11 is 0. The summed E-state index contributed by atoms with van der Waals surface area (Å²) in [5.41, 5.74) is 0.605. The average molecular weight is 292 g/mol. The molecule has 2 N–H and O–H groups in total. The number of nitrogens with one attached hydrogen (secondary N) is 2. The van der Waals surface area contributed by atoms with Crippen molar-refractivity contribution in [3.05, 3.63) is 23.9 Å². The first-order chi connectivity index (χ1) is 10.3. The van der Waals surface area contributed by atoms with Crippen LogP contribution in [-0.2, 0) is 4.74 Å². The van der Waals surface area contributed by atoms with E-state index in [4.69, 9.17) is 4.74 Å². The first kappa shape index (κ1) is 15.7. The van der Waals surface area contributed by atoms with Gasteiger partial charge in [-0.1, -0.05) is 6.92 Å². The number of rotatable bonds is 7. The topological polar surface area (TPSA) is 66.5 Å². The predicted molar refractivity (Wildman–Crippen MR) is 82.6 cm³/mol. The van der Waals surface area contributed by atoms with E-state index in [0.717, 1.165) is 45.8 Å². The summed E-state index contributed by atoms with van der Waals surface area (Å²) in [5.74, 6) is 0.582. The van der Waals surface area contributed by atoms with Crippen molar-refractivity contribution in [1.29, 1.82) is 0 Å². The highest BCUT2D eigenvalue weighted by atomic mass is 16.5. The van der Waals surface area contributed by atoms with Crippen LogP contribution in [0.3, 0.4) is 0 Å². The van der Waals surface area contributed by atoms with Gasteiger partial charge in [-0.05, 0) is 18.6 Å². The highest BCUT2D eigenvalue weighted by molar-refractivity contribution is 5.98. The number of hydrogen-bond donors (Lipinski definition) is 2. The molecule has 1 aromatic heterocycles. The molecule has 6 heteroatoms. The molecule has 1 aliphatic heterocycles. The Balaban J connectivity index is 1.82. The molecule has 1 amide bonds. The minimum Gasteiger partial charge on any atom is -0.379 e. The van der Waals surface area contributed by atoms with Gasteiger partial charge in [0, 0.05) is 38.9 Å². The van der Waals surface area contributed by atoms with E-state index in [9.17, 15) is 4.79 Å². The van der Waals surface area contributed by atoms with Crippen molar-refractivity contribution >= 4 is 11.7 Å². The van der Waals surface area contributed by atoms with Gasteiger partial charge in [0.05, 0.1) is 18.8 Å². The summed E-state index contributed by atoms with van der Waals surface area (Å²) in [5, 5.41) is 6.15. The standard InChI is InChI=1S/C15H24N4O2/c1-2-5-16-14-13(4-3-6-17-14)15(20)18-7-8-19-9-11-21-12-10-19/h3-4,6H,2,5,7-12H2,1H3,(H,16,17)(H,18,20). The highest BCUT2D eigenvalue weighted by Gasteiger charge is 2.13. The lowest BCUT2D eigenvalue weighted by molar-refractivity contribution is 0.0383. The highest BCUT2D eigenvalue weighted by Crippen LogP contribution is 2.11. The van der Waals surface area contributed by atoms with E-state index >= 15 is 0 Å². The average Bonchev–Trinajstić information content (AvgIpc) is 2.54. The normalized spacial score (nSPS) is 15.7. The molecule has 0 spiro atoms. The second-order valence-electron chi connectivity index (χ2n) is 5.04. The van der Waals surface area contributed by atoms with E-state index in [-0.39, 0.29) is 5.91 Å². The molecule has 0 radical (unpaired) electrons. The first-order valence-electron chi connectivity index (χ1n) is 7.58. The van der Waals surface area contributed by atoms with Crippen LogP contribution in [0.25, 0.3) is 0 Å². The molecule has 1 fully saturated rings. The second kappa shape index (κ2) is 8.59. The van der Waals surface area contributed by atoms with Gasteiger partial charge in [-0.2, -0.15) is 0 Å². The van der Waals surface area contributed by atoms with E-state index in [0.29, 0.717) is 17.9 Å². The van der Waals surface area contributed by atoms with Crippen molar-refractivity contribution in [3.63, 3.8) is 0 Å². The molecule has 2 rings (SSSR count). The van der Waals surface area contributed by atoms with Gasteiger partial charge in [0.25, 0.3) is 5.91 Å². The lowest BCUT2D eigenvalue weighted by atomic mass is 10.2. The summed E-state index contributed by atoms with van der Waals surface area (Å²) in [6.07, 6.45) is 2.69. The zero-order valence-electron chi connectivity index (χ0n) is 12.6. The summed E-state index contributed by atoms with van der Waals surface area (Å²) in [4.78, 5) is 18.8. The molecule has 6 nitrogen and oxygen atoms in total. The third kappa shape index (κ3) is 4.99. The van der Waals surface area contributed by atoms with Crippen molar-refractivity contribution in [2.45, 2.75) is 13.3 Å². The number of hydrogen-bond acceptors (Lipinski definition) is 5. The Kier molecular flexibility index (Phi) is 6.43. The van der Waals surface area contributed by atoms with Gasteiger partial charge in [-0.3, -0.25) is 9.69 Å². The molecule has 116 valence electrons. The van der Waals surface area contributed by atoms with Crippen molar-refractivity contribution in [1.82, 2.24) is 15.2 Å². The van der Waals surface area contributed by atoms with Gasteiger partial charge in [0.15, 0.2) is 0 Å². The molecule has 1 aromatic rings. The van der Waals surface area contributed by atoms with E-state index < -0.39 is 0 Å². The number of anilines is 1. The first-order valence-corrected chi connectivity index (χ1v) is 7.58. The molecule has 0 aromatic carbocycles. The lowest BCUT2D eigenvalue weighted by Gasteiger charge is -2.26. The third-order valence-corrected chi connectivity index (χ3v) is 3.41. The Hall–Kier alpha value is -1.66. The maximum Gasteiger partial charge on any atom is 0.255 e. The van der Waals surface area contributed by atoms with Crippen LogP contribution in [0.1, 0.15) is 23.7 Å². The zero-order chi connectivity index (χ0) is 14.9. The summed E-state index contributed by atoms with van der Waals surface area (Å²) in [7, 11) is 0. The van der Waals surface area contributed by atoms with Gasteiger partial charge in [0.1, 0.15) is 5.82 Å². The van der Waals surface area contributed by atoms with Gasteiger partial charge in [-0.15, -0.1) is 0 Å². The molecule has 2 heterocycles. The maximum atomic E-state index is 12.2. The number of aromatic nitrogens is 1. The fraction of sp³-hybridized carbons (Fsp3) is 0.600. The Morgan fingerprint density at radius 2 is 2.19 bits per heavy atom. The number of morpholine rings is 1. The largest absolute Gasteiger partial charge is 0.379 e. The zero-order valence-corrected chi connectivity index (χ0v) is 12.6. The fourth-order valence-electron chi connectivity index (χ4n) is 2.22. The van der Waals surface area contributed by atoms with Crippen LogP contribution in [0.15, 0.2) is 18.3 Å². The smallest absolute Gasteiger partial charge is 0.255 e. The minimum absolute atomic E-state index is 0.0741. The summed E-state index contributed by atoms with van der Waals surface area (Å²) in [6, 6.07) is 3.59. The van der Waals surface area contributed by atoms with Crippen LogP contribution in [0, 0.1) is 0 Å². The summed E-state index contributed by atoms with van der Waals surface area (Å²) < 4.78 is 5.30. The second-order valence-corrected chi connectivity index (χ2v) is 5.04. The quantitative estimate of drug-likeness (QED) is 0.784. The maximum absolute atomic E-state index is 12.2. The van der Waals surface area contributed by atoms with Gasteiger partial charge >= 0.3 is 0 Å². The molecule has 0 aliphatic carbocycles. The van der Waals surface area contributed by atoms with E-state index in [2.05, 4.69) is 27.4 Å². The van der Waals surface area contributed by atoms with E-state index in [1.54, 1.807) is 18.3 Å². The van der Waals surface area contributed by atoms with E-state index in [1.807, 2.05) is 0 Å². The molecule has 0 atom stereocenters. The third-order valence-electron chi connectivity index (χ3n) is 3.41. The Morgan fingerprint density at radius 3 is 2.95 bits per heavy atom. The summed E-state index contributed by atoms with van der Waals surface area (Å²) in [6.45, 7) is 7.82. The molecule has 0 unspecified atom stereocenters. The molecular formula is C15H24N4O2. The number of pyridine rings is 1. The van der Waals surface area contributed by atoms with Crippen molar-refractivity contribution < 1.29 is 9.53 Å². The fourth-order valence-corrected chi connectivity index (χ4v) is 2.22. The Morgan fingerprint density at radius 1 is 1.38 bits per heavy atom. The monoisotopic (exact) mass is 292 g/mol. The molecule has 1 saturated heterocycles. The lowest BCUT2D eigenvalue weighted by Crippen LogP contribution is -2.41. The molecular weight excluding hydrogens is 268 g/mol. The Bertz CT molecular complexity index is 447. The number of amides is 1. The Labute approximate surface area is 125 Å². The molecule has 1 aliphatic rings. The molecule has 0 bridgehead atoms. The van der Waals surface area contributed by atoms with Crippen LogP contribution in [0.2, 0.25) is 0 Å². The van der Waals surface area contributed by atoms with Gasteiger partial charge < -0.3 is 15.4 Å². The van der Waals surface area contributed by atoms with Crippen LogP contribution in [-0.4, -0.2) is 61.7 Å². The number of nitrogens with zero attached hydrogens (tertiary/aromatic N) is 2. The minimum atomic E-state index is -0.0741. The van der Waals surface area contributed by atoms with Gasteiger partial charge in [-0.25, -0.2) is 4.98 Å². The van der Waals surface area contributed by atoms with E-state index in [1.165, 1.54) is 0 Å². The van der Waals surface area contributed by atoms with Crippen LogP contribution in [0.5, 0.6) is 0 Å². The van der Waals surface area contributed by atoms with Crippen LogP contribution < -0.4 is 10.6 Å². The van der Waals surface area contributed by atoms with Gasteiger partial charge in [0.2, 0.25) is 0 Å². The van der Waals surface area contributed by atoms with Crippen LogP contribution >= 0.6 is 0 Å². The predicted octanol–water partition coefficient (Wildman–Crippen LogP) is 0.965. The number of ether oxygens (including phenoxy) is 1. The number of carbonyl (C=O) groups excluding carboxylic acids is 1. The molecule has 0 saturated carbocycles.